The lowest BCUT2D eigenvalue weighted by atomic mass is 9.91. The molecular formula is C41H46N2O7S. The van der Waals surface area contributed by atoms with Crippen LogP contribution in [0, 0.1) is 5.92 Å². The van der Waals surface area contributed by atoms with E-state index in [4.69, 9.17) is 9.47 Å². The number of thioether (sulfide) groups is 1. The van der Waals surface area contributed by atoms with Gasteiger partial charge in [-0.2, -0.15) is 0 Å². The molecule has 0 saturated carbocycles. The monoisotopic (exact) mass is 710 g/mol. The van der Waals surface area contributed by atoms with Gasteiger partial charge in [0.15, 0.2) is 6.29 Å². The minimum atomic E-state index is -0.964. The van der Waals surface area contributed by atoms with Gasteiger partial charge in [-0.3, -0.25) is 9.59 Å². The summed E-state index contributed by atoms with van der Waals surface area (Å²) >= 11 is 1.46. The quantitative estimate of drug-likeness (QED) is 0.0697. The second kappa shape index (κ2) is 18.7. The highest BCUT2D eigenvalue weighted by Crippen LogP contribution is 2.43. The molecule has 4 aromatic rings. The maximum absolute atomic E-state index is 12.5. The topological polar surface area (TPSA) is 134 Å². The molecule has 268 valence electrons. The maximum Gasteiger partial charge on any atom is 0.336 e. The number of aromatic carboxylic acids is 1. The molecule has 10 heteroatoms. The zero-order valence-corrected chi connectivity index (χ0v) is 29.9. The van der Waals surface area contributed by atoms with E-state index < -0.39 is 12.3 Å². The molecule has 0 radical (unpaired) electrons. The molecule has 1 fully saturated rings. The number of amides is 2. The Morgan fingerprint density at radius 2 is 1.53 bits per heavy atom. The first kappa shape index (κ1) is 37.8. The molecule has 5 rings (SSSR count). The Labute approximate surface area is 303 Å². The van der Waals surface area contributed by atoms with Gasteiger partial charge in [-0.25, -0.2) is 4.79 Å². The minimum absolute atomic E-state index is 0.00229. The fraction of sp³-hybridized carbons (Fsp3) is 0.341. The van der Waals surface area contributed by atoms with Crippen molar-refractivity contribution in [1.82, 2.24) is 10.6 Å². The number of carboxylic acids is 1. The van der Waals surface area contributed by atoms with Crippen LogP contribution < -0.4 is 10.6 Å². The molecule has 4 atom stereocenters. The van der Waals surface area contributed by atoms with Crippen LogP contribution in [0.4, 0.5) is 0 Å². The second-order valence-corrected chi connectivity index (χ2v) is 13.9. The van der Waals surface area contributed by atoms with Crippen molar-refractivity contribution < 1.29 is 34.1 Å². The minimum Gasteiger partial charge on any atom is -0.478 e. The number of rotatable bonds is 16. The smallest absolute Gasteiger partial charge is 0.336 e. The van der Waals surface area contributed by atoms with E-state index in [9.17, 15) is 24.6 Å². The lowest BCUT2D eigenvalue weighted by Crippen LogP contribution is -2.38. The van der Waals surface area contributed by atoms with Gasteiger partial charge >= 0.3 is 5.97 Å². The first-order valence-corrected chi connectivity index (χ1v) is 18.4. The highest BCUT2D eigenvalue weighted by Gasteiger charge is 2.38. The average Bonchev–Trinajstić information content (AvgIpc) is 3.15. The molecule has 0 bridgehead atoms. The van der Waals surface area contributed by atoms with Crippen molar-refractivity contribution in [2.24, 2.45) is 5.92 Å². The number of carboxylic acid groups (broad SMARTS) is 1. The summed E-state index contributed by atoms with van der Waals surface area (Å²) in [6.45, 7) is 4.60. The summed E-state index contributed by atoms with van der Waals surface area (Å²) in [6.07, 6.45) is 1.71. The Hall–Kier alpha value is -4.48. The van der Waals surface area contributed by atoms with E-state index in [1.165, 1.54) is 18.7 Å². The molecule has 51 heavy (non-hydrogen) atoms. The fourth-order valence-corrected chi connectivity index (χ4v) is 7.33. The van der Waals surface area contributed by atoms with E-state index in [-0.39, 0.29) is 42.1 Å². The zero-order chi connectivity index (χ0) is 36.2. The Balaban J connectivity index is 1.29. The predicted molar refractivity (Wildman–Crippen MR) is 198 cm³/mol. The molecule has 0 aromatic heterocycles. The van der Waals surface area contributed by atoms with E-state index in [2.05, 4.69) is 29.7 Å². The number of aliphatic hydroxyl groups excluding tert-OH is 1. The number of carbonyl (C=O) groups excluding carboxylic acids is 2. The number of hydrogen-bond acceptors (Lipinski definition) is 7. The van der Waals surface area contributed by atoms with Crippen molar-refractivity contribution in [3.63, 3.8) is 0 Å². The van der Waals surface area contributed by atoms with Crippen LogP contribution in [0.1, 0.15) is 84.5 Å². The molecular weight excluding hydrogens is 665 g/mol. The van der Waals surface area contributed by atoms with Crippen LogP contribution in [0.15, 0.2) is 102 Å². The molecule has 1 aliphatic rings. The van der Waals surface area contributed by atoms with Gasteiger partial charge in [-0.15, -0.1) is 11.8 Å². The van der Waals surface area contributed by atoms with Crippen LogP contribution in [0.5, 0.6) is 0 Å². The van der Waals surface area contributed by atoms with Crippen LogP contribution in [0.3, 0.4) is 0 Å². The van der Waals surface area contributed by atoms with Crippen molar-refractivity contribution in [3.05, 3.63) is 125 Å². The molecule has 4 N–H and O–H groups in total. The van der Waals surface area contributed by atoms with E-state index in [0.717, 1.165) is 52.6 Å². The molecule has 1 saturated heterocycles. The van der Waals surface area contributed by atoms with E-state index >= 15 is 0 Å². The van der Waals surface area contributed by atoms with Crippen molar-refractivity contribution in [3.8, 4) is 11.1 Å². The van der Waals surface area contributed by atoms with Gasteiger partial charge in [0.25, 0.3) is 0 Å². The summed E-state index contributed by atoms with van der Waals surface area (Å²) in [5.41, 5.74) is 5.88. The third-order valence-corrected chi connectivity index (χ3v) is 10.2. The first-order valence-electron chi connectivity index (χ1n) is 17.4. The Morgan fingerprint density at radius 3 is 2.27 bits per heavy atom. The Bertz CT molecular complexity index is 1780. The number of benzene rings is 4. The van der Waals surface area contributed by atoms with Crippen LogP contribution in [-0.4, -0.2) is 46.4 Å². The summed E-state index contributed by atoms with van der Waals surface area (Å²) in [6, 6.07) is 30.9. The number of carbonyl (C=O) groups is 3. The normalized spacial score (nSPS) is 18.6. The molecule has 2 amide bonds. The third-order valence-electron chi connectivity index (χ3n) is 9.01. The van der Waals surface area contributed by atoms with Crippen molar-refractivity contribution in [2.45, 2.75) is 76.1 Å². The van der Waals surface area contributed by atoms with Gasteiger partial charge in [0, 0.05) is 48.6 Å². The van der Waals surface area contributed by atoms with Crippen LogP contribution in [0.25, 0.3) is 11.1 Å². The lowest BCUT2D eigenvalue weighted by Gasteiger charge is -2.41. The van der Waals surface area contributed by atoms with Gasteiger partial charge in [-0.1, -0.05) is 86.1 Å². The Kier molecular flexibility index (Phi) is 13.8. The maximum atomic E-state index is 12.5. The first-order chi connectivity index (χ1) is 24.7. The van der Waals surface area contributed by atoms with Crippen molar-refractivity contribution in [1.29, 1.82) is 0 Å². The summed E-state index contributed by atoms with van der Waals surface area (Å²) < 4.78 is 13.3. The van der Waals surface area contributed by atoms with Crippen LogP contribution in [0.2, 0.25) is 0 Å². The zero-order valence-electron chi connectivity index (χ0n) is 29.0. The van der Waals surface area contributed by atoms with Gasteiger partial charge in [-0.05, 0) is 64.9 Å². The lowest BCUT2D eigenvalue weighted by molar-refractivity contribution is -0.268. The SMILES string of the molecule is CC(=O)NCCCCCC(=O)NCc1cccc(-c2cccc([C@@H]3O[C@H](CSc4ccccc4C(=O)O)[C@H](C)[C@H](c4ccc(CO)cc4)O3)c2)c1. The van der Waals surface area contributed by atoms with Gasteiger partial charge in [0.2, 0.25) is 11.8 Å². The highest BCUT2D eigenvalue weighted by molar-refractivity contribution is 7.99. The number of nitrogens with one attached hydrogen (secondary N) is 2. The van der Waals surface area contributed by atoms with Gasteiger partial charge < -0.3 is 30.3 Å². The van der Waals surface area contributed by atoms with Crippen molar-refractivity contribution >= 4 is 29.5 Å². The molecule has 9 nitrogen and oxygen atoms in total. The van der Waals surface area contributed by atoms with Crippen molar-refractivity contribution in [2.75, 3.05) is 12.3 Å². The summed E-state index contributed by atoms with van der Waals surface area (Å²) in [5.74, 6) is -0.523. The standard InChI is InChI=1S/C41H46N2O7S/c1-27-36(26-51-37-15-6-5-14-35(37)40(47)48)49-41(50-39(27)31-19-17-29(25-44)18-20-31)34-13-9-12-33(23-34)32-11-8-10-30(22-32)24-43-38(46)16-4-3-7-21-42-28(2)45/h5-6,8-15,17-20,22-23,27,36,39,41,44H,3-4,7,16,21,24-26H2,1-2H3,(H,42,45)(H,43,46)(H,47,48)/t27-,36+,39+,41+/m0/s1. The fourth-order valence-electron chi connectivity index (χ4n) is 6.12. The average molecular weight is 711 g/mol. The second-order valence-electron chi connectivity index (χ2n) is 12.8. The van der Waals surface area contributed by atoms with E-state index in [1.54, 1.807) is 12.1 Å². The summed E-state index contributed by atoms with van der Waals surface area (Å²) in [7, 11) is 0. The third kappa shape index (κ3) is 10.8. The van der Waals surface area contributed by atoms with Crippen LogP contribution in [-0.2, 0) is 32.2 Å². The number of aliphatic hydroxyl groups is 1. The van der Waals surface area contributed by atoms with E-state index in [1.807, 2.05) is 72.8 Å². The molecule has 1 heterocycles. The molecule has 0 spiro atoms. The summed E-state index contributed by atoms with van der Waals surface area (Å²) in [4.78, 5) is 36.0. The molecule has 1 aliphatic heterocycles. The summed E-state index contributed by atoms with van der Waals surface area (Å²) in [5, 5.41) is 25.1. The highest BCUT2D eigenvalue weighted by atomic mass is 32.2. The Morgan fingerprint density at radius 1 is 0.784 bits per heavy atom. The van der Waals surface area contributed by atoms with Gasteiger partial charge in [0.1, 0.15) is 0 Å². The molecule has 4 aromatic carbocycles. The number of ether oxygens (including phenoxy) is 2. The number of hydrogen-bond donors (Lipinski definition) is 4. The predicted octanol–water partition coefficient (Wildman–Crippen LogP) is 7.44. The molecule has 0 aliphatic carbocycles. The van der Waals surface area contributed by atoms with Gasteiger partial charge in [0.05, 0.1) is 24.4 Å². The largest absolute Gasteiger partial charge is 0.478 e. The molecule has 0 unspecified atom stereocenters. The van der Waals surface area contributed by atoms with E-state index in [0.29, 0.717) is 30.2 Å². The van der Waals surface area contributed by atoms with Crippen LogP contribution >= 0.6 is 11.8 Å². The number of unbranched alkanes of at least 4 members (excludes halogenated alkanes) is 2.